The van der Waals surface area contributed by atoms with Gasteiger partial charge in [-0.3, -0.25) is 19.0 Å². The van der Waals surface area contributed by atoms with Gasteiger partial charge in [0.05, 0.1) is 23.4 Å². The van der Waals surface area contributed by atoms with E-state index in [4.69, 9.17) is 26.3 Å². The Morgan fingerprint density at radius 3 is 2.76 bits per heavy atom. The fourth-order valence-electron chi connectivity index (χ4n) is 4.64. The molecule has 1 saturated heterocycles. The summed E-state index contributed by atoms with van der Waals surface area (Å²) in [6, 6.07) is 6.29. The molecule has 0 bridgehead atoms. The molecule has 0 radical (unpaired) electrons. The highest BCUT2D eigenvalue weighted by molar-refractivity contribution is 6.30. The maximum absolute atomic E-state index is 15.0. The first kappa shape index (κ1) is 22.7. The molecule has 1 aromatic carbocycles. The van der Waals surface area contributed by atoms with Crippen molar-refractivity contribution < 1.29 is 9.13 Å². The number of ether oxygens (including phenoxy) is 1. The number of aromatic nitrogens is 5. The molecule has 0 amide bonds. The molecule has 5 rings (SSSR count). The van der Waals surface area contributed by atoms with Crippen molar-refractivity contribution in [3.8, 4) is 11.3 Å². The van der Waals surface area contributed by atoms with E-state index in [-0.39, 0.29) is 23.1 Å². The smallest absolute Gasteiger partial charge is 0.261 e. The lowest BCUT2D eigenvalue weighted by atomic mass is 9.89. The van der Waals surface area contributed by atoms with Crippen LogP contribution in [-0.4, -0.2) is 30.9 Å². The molecule has 7 nitrogen and oxygen atoms in total. The Morgan fingerprint density at radius 2 is 2.06 bits per heavy atom. The SMILES string of the molecule is CCc1nc2c(-c3ccc(Cl)cc3F)nc([C@H]3CCO[C@@H](c4cnn(C)c4)C3)cc2c(=O)n1C. The largest absolute Gasteiger partial charge is 0.373 e. The number of hydrogen-bond acceptors (Lipinski definition) is 5. The van der Waals surface area contributed by atoms with Gasteiger partial charge < -0.3 is 4.74 Å². The van der Waals surface area contributed by atoms with Crippen molar-refractivity contribution >= 4 is 22.5 Å². The summed E-state index contributed by atoms with van der Waals surface area (Å²) in [5.74, 6) is 0.151. The summed E-state index contributed by atoms with van der Waals surface area (Å²) in [4.78, 5) is 22.9. The summed E-state index contributed by atoms with van der Waals surface area (Å²) in [5, 5.41) is 4.98. The third kappa shape index (κ3) is 4.01. The Kier molecular flexibility index (Phi) is 5.95. The summed E-state index contributed by atoms with van der Waals surface area (Å²) >= 11 is 6.00. The van der Waals surface area contributed by atoms with E-state index < -0.39 is 5.82 Å². The van der Waals surface area contributed by atoms with Gasteiger partial charge in [0, 0.05) is 61.1 Å². The zero-order valence-corrected chi connectivity index (χ0v) is 20.0. The molecule has 34 heavy (non-hydrogen) atoms. The van der Waals surface area contributed by atoms with E-state index in [1.807, 2.05) is 26.2 Å². The normalized spacial score (nSPS) is 18.5. The van der Waals surface area contributed by atoms with E-state index in [2.05, 4.69) is 5.10 Å². The average Bonchev–Trinajstić information content (AvgIpc) is 3.27. The molecule has 1 aliphatic heterocycles. The van der Waals surface area contributed by atoms with Gasteiger partial charge in [0.15, 0.2) is 0 Å². The summed E-state index contributed by atoms with van der Waals surface area (Å²) in [6.07, 6.45) is 5.64. The number of aryl methyl sites for hydroxylation is 2. The number of nitrogens with zero attached hydrogens (tertiary/aromatic N) is 5. The fraction of sp³-hybridized carbons (Fsp3) is 0.360. The van der Waals surface area contributed by atoms with Crippen LogP contribution in [0.15, 0.2) is 41.5 Å². The highest BCUT2D eigenvalue weighted by atomic mass is 35.5. The molecule has 176 valence electrons. The molecule has 2 atom stereocenters. The molecule has 0 saturated carbocycles. The molecule has 0 aliphatic carbocycles. The third-order valence-corrected chi connectivity index (χ3v) is 6.71. The van der Waals surface area contributed by atoms with Crippen LogP contribution in [0.3, 0.4) is 0 Å². The van der Waals surface area contributed by atoms with E-state index in [0.717, 1.165) is 17.7 Å². The minimum atomic E-state index is -0.501. The van der Waals surface area contributed by atoms with Crippen LogP contribution in [0.1, 0.15) is 48.9 Å². The van der Waals surface area contributed by atoms with Gasteiger partial charge in [0.1, 0.15) is 17.2 Å². The van der Waals surface area contributed by atoms with Gasteiger partial charge in [-0.05, 0) is 37.1 Å². The lowest BCUT2D eigenvalue weighted by Crippen LogP contribution is -2.24. The molecule has 3 aromatic heterocycles. The van der Waals surface area contributed by atoms with Crippen LogP contribution >= 0.6 is 11.6 Å². The molecule has 0 unspecified atom stereocenters. The summed E-state index contributed by atoms with van der Waals surface area (Å²) < 4.78 is 24.3. The maximum atomic E-state index is 15.0. The number of fused-ring (bicyclic) bond motifs is 1. The number of pyridine rings is 1. The van der Waals surface area contributed by atoms with Gasteiger partial charge in [0.25, 0.3) is 5.56 Å². The molecule has 4 aromatic rings. The molecule has 0 N–H and O–H groups in total. The second-order valence-electron chi connectivity index (χ2n) is 8.69. The Balaban J connectivity index is 1.68. The lowest BCUT2D eigenvalue weighted by molar-refractivity contribution is 0.00464. The molecule has 0 spiro atoms. The summed E-state index contributed by atoms with van der Waals surface area (Å²) in [7, 11) is 3.58. The van der Waals surface area contributed by atoms with Crippen LogP contribution in [0.25, 0.3) is 22.2 Å². The minimum Gasteiger partial charge on any atom is -0.373 e. The Hall–Kier alpha value is -3.10. The second-order valence-corrected chi connectivity index (χ2v) is 9.13. The van der Waals surface area contributed by atoms with Crippen molar-refractivity contribution in [1.82, 2.24) is 24.3 Å². The van der Waals surface area contributed by atoms with Crippen molar-refractivity contribution in [1.29, 1.82) is 0 Å². The van der Waals surface area contributed by atoms with Crippen LogP contribution < -0.4 is 5.56 Å². The van der Waals surface area contributed by atoms with Gasteiger partial charge in [-0.25, -0.2) is 9.37 Å². The van der Waals surface area contributed by atoms with E-state index in [9.17, 15) is 4.79 Å². The predicted molar refractivity (Wildman–Crippen MR) is 128 cm³/mol. The van der Waals surface area contributed by atoms with Crippen molar-refractivity contribution in [3.63, 3.8) is 0 Å². The molecule has 4 heterocycles. The average molecular weight is 482 g/mol. The topological polar surface area (TPSA) is 74.8 Å². The highest BCUT2D eigenvalue weighted by Gasteiger charge is 2.29. The quantitative estimate of drug-likeness (QED) is 0.421. The van der Waals surface area contributed by atoms with Crippen molar-refractivity contribution in [3.05, 3.63) is 74.9 Å². The summed E-state index contributed by atoms with van der Waals surface area (Å²) in [5.41, 5.74) is 2.60. The Morgan fingerprint density at radius 1 is 1.24 bits per heavy atom. The number of benzene rings is 1. The minimum absolute atomic E-state index is 0.0352. The zero-order chi connectivity index (χ0) is 24.0. The van der Waals surface area contributed by atoms with E-state index in [0.29, 0.717) is 46.9 Å². The fourth-order valence-corrected chi connectivity index (χ4v) is 4.79. The summed E-state index contributed by atoms with van der Waals surface area (Å²) in [6.45, 7) is 2.48. The molecular formula is C25H25ClFN5O2. The van der Waals surface area contributed by atoms with Crippen LogP contribution in [0.4, 0.5) is 4.39 Å². The third-order valence-electron chi connectivity index (χ3n) is 6.48. The van der Waals surface area contributed by atoms with Crippen LogP contribution in [0.2, 0.25) is 5.02 Å². The maximum Gasteiger partial charge on any atom is 0.261 e. The highest BCUT2D eigenvalue weighted by Crippen LogP contribution is 2.39. The van der Waals surface area contributed by atoms with Gasteiger partial charge in [-0.2, -0.15) is 5.10 Å². The first-order chi connectivity index (χ1) is 16.4. The van der Waals surface area contributed by atoms with Crippen LogP contribution in [0, 0.1) is 5.82 Å². The van der Waals surface area contributed by atoms with E-state index >= 15 is 4.39 Å². The second kappa shape index (κ2) is 8.92. The monoisotopic (exact) mass is 481 g/mol. The number of hydrogen-bond donors (Lipinski definition) is 0. The van der Waals surface area contributed by atoms with Crippen LogP contribution in [0.5, 0.6) is 0 Å². The first-order valence-corrected chi connectivity index (χ1v) is 11.7. The standard InChI is InChI=1S/C25H25ClFN5O2/c1-4-22-30-24-18(25(33)32(22)3)11-20(29-23(24)17-6-5-16(26)10-19(17)27)14-7-8-34-21(9-14)15-12-28-31(2)13-15/h5-6,10-14,21H,4,7-9H2,1-3H3/t14-,21+/m0/s1. The molecule has 1 aliphatic rings. The van der Waals surface area contributed by atoms with Gasteiger partial charge in [-0.15, -0.1) is 0 Å². The van der Waals surface area contributed by atoms with Crippen molar-refractivity contribution in [2.45, 2.75) is 38.2 Å². The van der Waals surface area contributed by atoms with Gasteiger partial charge in [-0.1, -0.05) is 18.5 Å². The molecule has 1 fully saturated rings. The van der Waals surface area contributed by atoms with E-state index in [1.54, 1.807) is 34.6 Å². The van der Waals surface area contributed by atoms with Crippen molar-refractivity contribution in [2.24, 2.45) is 14.1 Å². The van der Waals surface area contributed by atoms with Gasteiger partial charge >= 0.3 is 0 Å². The predicted octanol–water partition coefficient (Wildman–Crippen LogP) is 4.72. The number of rotatable bonds is 4. The van der Waals surface area contributed by atoms with E-state index in [1.165, 1.54) is 6.07 Å². The Labute approximate surface area is 201 Å². The van der Waals surface area contributed by atoms with Crippen LogP contribution in [-0.2, 0) is 25.3 Å². The zero-order valence-electron chi connectivity index (χ0n) is 19.3. The molecular weight excluding hydrogens is 457 g/mol. The molecule has 9 heteroatoms. The Bertz CT molecular complexity index is 1450. The lowest BCUT2D eigenvalue weighted by Gasteiger charge is -2.29. The van der Waals surface area contributed by atoms with Crippen molar-refractivity contribution in [2.75, 3.05) is 6.61 Å². The number of halogens is 2. The van der Waals surface area contributed by atoms with Gasteiger partial charge in [0.2, 0.25) is 0 Å². The first-order valence-electron chi connectivity index (χ1n) is 11.3.